The number of benzene rings is 4. The Bertz CT molecular complexity index is 2550. The molecule has 0 N–H and O–H groups in total. The zero-order chi connectivity index (χ0) is 42.9. The Hall–Kier alpha value is -6.08. The van der Waals surface area contributed by atoms with E-state index in [0.717, 1.165) is 14.8 Å². The van der Waals surface area contributed by atoms with Crippen LogP contribution in [0.4, 0.5) is 52.7 Å². The molecule has 0 saturated heterocycles. The maximum Gasteiger partial charge on any atom is 0.370 e. The van der Waals surface area contributed by atoms with Gasteiger partial charge in [0, 0.05) is 26.3 Å². The van der Waals surface area contributed by atoms with Gasteiger partial charge in [-0.1, -0.05) is 94.4 Å². The van der Waals surface area contributed by atoms with Gasteiger partial charge >= 0.3 is 24.7 Å². The number of hydrogen-bond donors (Lipinski definition) is 0. The van der Waals surface area contributed by atoms with Crippen LogP contribution in [-0.4, -0.2) is 24.4 Å². The van der Waals surface area contributed by atoms with Crippen molar-refractivity contribution in [2.45, 2.75) is 24.7 Å². The first-order valence-corrected chi connectivity index (χ1v) is 16.6. The predicted octanol–water partition coefficient (Wildman–Crippen LogP) is 8.68. The fourth-order valence-corrected chi connectivity index (χ4v) is 5.65. The van der Waals surface area contributed by atoms with E-state index in [2.05, 4.69) is 45.2 Å². The number of hydrogen-bond acceptors (Lipinski definition) is 3. The van der Waals surface area contributed by atoms with Crippen LogP contribution in [0, 0.1) is 24.8 Å². The van der Waals surface area contributed by atoms with Crippen molar-refractivity contribution < 1.29 is 81.9 Å². The summed E-state index contributed by atoms with van der Waals surface area (Å²) in [6.07, 6.45) is -11.1. The van der Waals surface area contributed by atoms with E-state index in [0.29, 0.717) is 39.9 Å². The molecule has 0 fully saturated rings. The Morgan fingerprint density at radius 2 is 1.02 bits per heavy atom. The molecule has 1 radical (unpaired) electrons. The SMILES string of the molecule is C[n+]1[c-]n(-c2[c-]cc(C(F)(F)F)cc2C(F)(F)F)c2ccccc21.C[n+]1[c-]n(-c2[c-]cc(C(F)(F)F)cc2C(F)(F)F)c2ccccc21.[Ir].c1ccc(-c2cnn[n-]2)nc1. The monoisotopic (exact) mass is 1020 g/mol. The molecule has 8 aromatic rings. The quantitative estimate of drug-likeness (QED) is 0.101. The number of alkyl halides is 12. The Labute approximate surface area is 344 Å². The molecule has 0 unspecified atom stereocenters. The van der Waals surface area contributed by atoms with Gasteiger partial charge < -0.3 is 28.5 Å². The van der Waals surface area contributed by atoms with Gasteiger partial charge in [-0.25, -0.2) is 0 Å². The van der Waals surface area contributed by atoms with Crippen molar-refractivity contribution in [2.24, 2.45) is 14.1 Å². The molecule has 315 valence electrons. The van der Waals surface area contributed by atoms with Crippen molar-refractivity contribution in [3.05, 3.63) is 150 Å². The number of para-hydroxylation sites is 4. The molecule has 8 rings (SSSR count). The standard InChI is InChI=1S/2C16H9F6N2.C7H5N4.Ir/c2*1-23-9-24(14-5-3-2-4-13(14)23)12-7-6-10(15(17,18)19)8-11(12)16(20,21)22;1-2-4-8-6(3-1)7-5-9-11-10-7;/h2*2-6,8H,1H3;1-5H;/q3*-1;. The van der Waals surface area contributed by atoms with Crippen LogP contribution in [0.1, 0.15) is 22.3 Å². The molecule has 0 amide bonds. The maximum atomic E-state index is 13.3. The Morgan fingerprint density at radius 1 is 0.583 bits per heavy atom. The van der Waals surface area contributed by atoms with Crippen LogP contribution in [0.2, 0.25) is 0 Å². The van der Waals surface area contributed by atoms with Gasteiger partial charge in [0.1, 0.15) is 0 Å². The van der Waals surface area contributed by atoms with E-state index in [1.165, 1.54) is 9.13 Å². The Morgan fingerprint density at radius 3 is 1.38 bits per heavy atom. The first-order valence-electron chi connectivity index (χ1n) is 16.6. The molecule has 21 heteroatoms. The summed E-state index contributed by atoms with van der Waals surface area (Å²) in [7, 11) is 3.16. The van der Waals surface area contributed by atoms with Crippen LogP contribution in [0.25, 0.3) is 44.8 Å². The topological polar surface area (TPSA) is 70.4 Å². The second-order valence-electron chi connectivity index (χ2n) is 12.3. The molecule has 8 nitrogen and oxygen atoms in total. The second-order valence-corrected chi connectivity index (χ2v) is 12.3. The van der Waals surface area contributed by atoms with Gasteiger partial charge in [-0.2, -0.15) is 89.1 Å². The minimum atomic E-state index is -4.97. The van der Waals surface area contributed by atoms with E-state index in [1.807, 2.05) is 18.2 Å². The first kappa shape index (κ1) is 45.0. The van der Waals surface area contributed by atoms with Crippen LogP contribution < -0.4 is 14.2 Å². The largest absolute Gasteiger partial charge is 0.370 e. The number of aryl methyl sites for hydroxylation is 2. The molecule has 0 aliphatic carbocycles. The summed E-state index contributed by atoms with van der Waals surface area (Å²) in [5.41, 5.74) is -3.28. The summed E-state index contributed by atoms with van der Waals surface area (Å²) in [5, 5.41) is 10.8. The fourth-order valence-electron chi connectivity index (χ4n) is 5.65. The van der Waals surface area contributed by atoms with E-state index >= 15 is 0 Å². The maximum absolute atomic E-state index is 13.3. The molecule has 4 aromatic heterocycles. The molecule has 0 bridgehead atoms. The molecule has 4 heterocycles. The molecule has 0 atom stereocenters. The van der Waals surface area contributed by atoms with Gasteiger partial charge in [-0.15, -0.1) is 0 Å². The summed E-state index contributed by atoms with van der Waals surface area (Å²) in [6.45, 7) is 0. The minimum Gasteiger partial charge on any atom is -0.358 e. The average Bonchev–Trinajstić information content (AvgIpc) is 3.93. The molecule has 0 saturated carbocycles. The summed E-state index contributed by atoms with van der Waals surface area (Å²) in [5.74, 6) is 0. The van der Waals surface area contributed by atoms with Crippen molar-refractivity contribution in [1.29, 1.82) is 0 Å². The summed E-state index contributed by atoms with van der Waals surface area (Å²) in [4.78, 5) is 4.08. The van der Waals surface area contributed by atoms with Gasteiger partial charge in [0.2, 0.25) is 12.7 Å². The first-order chi connectivity index (χ1) is 27.6. The number of aromatic nitrogens is 8. The number of nitrogens with zero attached hydrogens (tertiary/aromatic N) is 8. The Balaban J connectivity index is 0.000000180. The van der Waals surface area contributed by atoms with E-state index in [9.17, 15) is 52.7 Å². The van der Waals surface area contributed by atoms with Crippen molar-refractivity contribution in [3.8, 4) is 22.8 Å². The minimum absolute atomic E-state index is 0. The molecular weight excluding hydrogens is 1000 g/mol. The smallest absolute Gasteiger partial charge is 0.358 e. The summed E-state index contributed by atoms with van der Waals surface area (Å²) < 4.78 is 161. The third-order valence-electron chi connectivity index (χ3n) is 8.33. The zero-order valence-electron chi connectivity index (χ0n) is 30.3. The average molecular weight is 1020 g/mol. The fraction of sp³-hybridized carbons (Fsp3) is 0.154. The number of halogens is 12. The van der Waals surface area contributed by atoms with E-state index in [-0.39, 0.29) is 32.2 Å². The van der Waals surface area contributed by atoms with Gasteiger partial charge in [-0.05, 0) is 17.8 Å². The van der Waals surface area contributed by atoms with Gasteiger partial charge in [-0.3, -0.25) is 10.2 Å². The summed E-state index contributed by atoms with van der Waals surface area (Å²) >= 11 is 0. The number of rotatable bonds is 3. The van der Waals surface area contributed by atoms with E-state index in [1.54, 1.807) is 75.0 Å². The van der Waals surface area contributed by atoms with E-state index < -0.39 is 58.3 Å². The van der Waals surface area contributed by atoms with Crippen LogP contribution in [0.15, 0.2) is 103 Å². The van der Waals surface area contributed by atoms with E-state index in [4.69, 9.17) is 0 Å². The van der Waals surface area contributed by atoms with Crippen molar-refractivity contribution in [3.63, 3.8) is 0 Å². The van der Waals surface area contributed by atoms with Crippen molar-refractivity contribution in [1.82, 2.24) is 29.5 Å². The molecule has 0 aliphatic heterocycles. The third kappa shape index (κ3) is 9.85. The van der Waals surface area contributed by atoms with Crippen LogP contribution in [0.5, 0.6) is 0 Å². The number of pyridine rings is 1. The molecule has 4 aromatic carbocycles. The summed E-state index contributed by atoms with van der Waals surface area (Å²) in [6, 6.07) is 24.1. The number of imidazole rings is 2. The van der Waals surface area contributed by atoms with Crippen molar-refractivity contribution in [2.75, 3.05) is 0 Å². The van der Waals surface area contributed by atoms with Gasteiger partial charge in [0.15, 0.2) is 0 Å². The normalized spacial score (nSPS) is 12.0. The number of fused-ring (bicyclic) bond motifs is 2. The van der Waals surface area contributed by atoms with Crippen LogP contribution in [0.3, 0.4) is 0 Å². The van der Waals surface area contributed by atoms with Crippen LogP contribution in [-0.2, 0) is 58.9 Å². The van der Waals surface area contributed by atoms with Crippen LogP contribution >= 0.6 is 0 Å². The third-order valence-corrected chi connectivity index (χ3v) is 8.33. The predicted molar refractivity (Wildman–Crippen MR) is 183 cm³/mol. The second kappa shape index (κ2) is 17.3. The van der Waals surface area contributed by atoms with Gasteiger partial charge in [0.25, 0.3) is 0 Å². The molecule has 60 heavy (non-hydrogen) atoms. The van der Waals surface area contributed by atoms with Gasteiger partial charge in [0.05, 0.1) is 41.9 Å². The Kier molecular flexibility index (Phi) is 12.9. The molecule has 0 aliphatic rings. The van der Waals surface area contributed by atoms with Crippen molar-refractivity contribution >= 4 is 22.1 Å². The molecular formula is C39H23F12IrN8-3. The molecule has 0 spiro atoms. The zero-order valence-corrected chi connectivity index (χ0v) is 32.7.